The summed E-state index contributed by atoms with van der Waals surface area (Å²) in [5, 5.41) is 9.25. The molecule has 2 saturated heterocycles. The molecule has 1 atom stereocenters. The normalized spacial score (nSPS) is 21.1. The molecular formula is C19H22N2O4. The zero-order valence-corrected chi connectivity index (χ0v) is 14.1. The highest BCUT2D eigenvalue weighted by Crippen LogP contribution is 2.22. The summed E-state index contributed by atoms with van der Waals surface area (Å²) >= 11 is 0. The smallest absolute Gasteiger partial charge is 0.326 e. The molecule has 1 aromatic carbocycles. The number of carbonyl (C=O) groups is 3. The van der Waals surface area contributed by atoms with Crippen LogP contribution in [0.15, 0.2) is 30.3 Å². The van der Waals surface area contributed by atoms with Crippen molar-refractivity contribution in [2.24, 2.45) is 0 Å². The van der Waals surface area contributed by atoms with E-state index in [0.717, 1.165) is 37.1 Å². The van der Waals surface area contributed by atoms with Gasteiger partial charge in [0.15, 0.2) is 0 Å². The third-order valence-corrected chi connectivity index (χ3v) is 4.77. The molecule has 1 unspecified atom stereocenters. The van der Waals surface area contributed by atoms with Crippen molar-refractivity contribution in [2.75, 3.05) is 18.0 Å². The molecule has 6 nitrogen and oxygen atoms in total. The number of nitrogens with zero attached hydrogens (tertiary/aromatic N) is 2. The lowest BCUT2D eigenvalue weighted by Crippen LogP contribution is -2.47. The minimum Gasteiger partial charge on any atom is -0.480 e. The minimum absolute atomic E-state index is 0.142. The largest absolute Gasteiger partial charge is 0.480 e. The SMILES string of the molecule is O=C(O)C1CCCCN1C(=O)C=Cc1ccc(N2CCCC2=O)cc1. The summed E-state index contributed by atoms with van der Waals surface area (Å²) in [6, 6.07) is 6.72. The first-order chi connectivity index (χ1) is 12.1. The number of benzene rings is 1. The number of carboxylic acid groups (broad SMARTS) is 1. The molecule has 2 heterocycles. The fraction of sp³-hybridized carbons (Fsp3) is 0.421. The van der Waals surface area contributed by atoms with Crippen molar-refractivity contribution in [3.05, 3.63) is 35.9 Å². The van der Waals surface area contributed by atoms with Crippen molar-refractivity contribution >= 4 is 29.5 Å². The number of aliphatic carboxylic acids is 1. The number of rotatable bonds is 4. The molecule has 0 saturated carbocycles. The van der Waals surface area contributed by atoms with E-state index in [1.165, 1.54) is 11.0 Å². The van der Waals surface area contributed by atoms with Crippen molar-refractivity contribution in [3.63, 3.8) is 0 Å². The van der Waals surface area contributed by atoms with Gasteiger partial charge in [0.1, 0.15) is 6.04 Å². The molecule has 25 heavy (non-hydrogen) atoms. The fourth-order valence-electron chi connectivity index (χ4n) is 3.40. The van der Waals surface area contributed by atoms with Gasteiger partial charge in [-0.1, -0.05) is 12.1 Å². The van der Waals surface area contributed by atoms with E-state index >= 15 is 0 Å². The molecular weight excluding hydrogens is 320 g/mol. The Morgan fingerprint density at radius 1 is 1.08 bits per heavy atom. The second-order valence-corrected chi connectivity index (χ2v) is 6.46. The molecule has 3 rings (SSSR count). The summed E-state index contributed by atoms with van der Waals surface area (Å²) in [5.41, 5.74) is 1.71. The van der Waals surface area contributed by atoms with Crippen molar-refractivity contribution in [1.82, 2.24) is 4.90 Å². The third-order valence-electron chi connectivity index (χ3n) is 4.77. The molecule has 6 heteroatoms. The van der Waals surface area contributed by atoms with Crippen LogP contribution in [0, 0.1) is 0 Å². The Labute approximate surface area is 146 Å². The number of anilines is 1. The van der Waals surface area contributed by atoms with E-state index in [2.05, 4.69) is 0 Å². The fourth-order valence-corrected chi connectivity index (χ4v) is 3.40. The van der Waals surface area contributed by atoms with Gasteiger partial charge in [-0.3, -0.25) is 9.59 Å². The van der Waals surface area contributed by atoms with E-state index in [-0.39, 0.29) is 11.8 Å². The van der Waals surface area contributed by atoms with Crippen LogP contribution in [0.4, 0.5) is 5.69 Å². The number of piperidine rings is 1. The van der Waals surface area contributed by atoms with Crippen LogP contribution in [0.3, 0.4) is 0 Å². The second-order valence-electron chi connectivity index (χ2n) is 6.46. The van der Waals surface area contributed by atoms with Gasteiger partial charge in [-0.2, -0.15) is 0 Å². The summed E-state index contributed by atoms with van der Waals surface area (Å²) in [6.07, 6.45) is 6.77. The van der Waals surface area contributed by atoms with Crippen LogP contribution in [0.25, 0.3) is 6.08 Å². The van der Waals surface area contributed by atoms with Gasteiger partial charge in [0.25, 0.3) is 0 Å². The topological polar surface area (TPSA) is 77.9 Å². The van der Waals surface area contributed by atoms with Gasteiger partial charge in [-0.15, -0.1) is 0 Å². The molecule has 0 aliphatic carbocycles. The zero-order chi connectivity index (χ0) is 17.8. The van der Waals surface area contributed by atoms with Crippen LogP contribution in [0.5, 0.6) is 0 Å². The average molecular weight is 342 g/mol. The standard InChI is InChI=1S/C19H22N2O4/c22-17-5-3-13-20(17)15-9-6-14(7-10-15)8-11-18(23)21-12-2-1-4-16(21)19(24)25/h6-11,16H,1-5,12-13H2,(H,24,25). The van der Waals surface area contributed by atoms with E-state index in [4.69, 9.17) is 0 Å². The Balaban J connectivity index is 1.65. The number of carbonyl (C=O) groups excluding carboxylic acids is 2. The highest BCUT2D eigenvalue weighted by Gasteiger charge is 2.30. The number of hydrogen-bond donors (Lipinski definition) is 1. The van der Waals surface area contributed by atoms with Gasteiger partial charge in [0, 0.05) is 31.3 Å². The number of carboxylic acids is 1. The first-order valence-electron chi connectivity index (χ1n) is 8.68. The van der Waals surface area contributed by atoms with Crippen LogP contribution in [0.2, 0.25) is 0 Å². The average Bonchev–Trinajstić information content (AvgIpc) is 3.06. The van der Waals surface area contributed by atoms with Crippen molar-refractivity contribution < 1.29 is 19.5 Å². The number of likely N-dealkylation sites (tertiary alicyclic amines) is 1. The predicted molar refractivity (Wildman–Crippen MR) is 94.1 cm³/mol. The van der Waals surface area contributed by atoms with E-state index < -0.39 is 12.0 Å². The Hall–Kier alpha value is -2.63. The molecule has 1 aromatic rings. The van der Waals surface area contributed by atoms with Gasteiger partial charge in [-0.25, -0.2) is 4.79 Å². The Morgan fingerprint density at radius 2 is 1.84 bits per heavy atom. The predicted octanol–water partition coefficient (Wildman–Crippen LogP) is 2.29. The summed E-state index contributed by atoms with van der Waals surface area (Å²) in [5.74, 6) is -1.07. The van der Waals surface area contributed by atoms with Crippen LogP contribution in [-0.2, 0) is 14.4 Å². The van der Waals surface area contributed by atoms with Gasteiger partial charge >= 0.3 is 5.97 Å². The number of amides is 2. The van der Waals surface area contributed by atoms with Crippen molar-refractivity contribution in [2.45, 2.75) is 38.1 Å². The minimum atomic E-state index is -0.943. The summed E-state index contributed by atoms with van der Waals surface area (Å²) < 4.78 is 0. The molecule has 2 aliphatic rings. The van der Waals surface area contributed by atoms with E-state index in [9.17, 15) is 19.5 Å². The van der Waals surface area contributed by atoms with Crippen LogP contribution >= 0.6 is 0 Å². The molecule has 1 N–H and O–H groups in total. The Morgan fingerprint density at radius 3 is 2.48 bits per heavy atom. The third kappa shape index (κ3) is 3.90. The van der Waals surface area contributed by atoms with Crippen LogP contribution in [-0.4, -0.2) is 46.9 Å². The Bertz CT molecular complexity index is 696. The van der Waals surface area contributed by atoms with E-state index in [1.54, 1.807) is 11.0 Å². The maximum atomic E-state index is 12.3. The van der Waals surface area contributed by atoms with Crippen molar-refractivity contribution in [1.29, 1.82) is 0 Å². The molecule has 0 bridgehead atoms. The molecule has 2 amide bonds. The molecule has 132 valence electrons. The first-order valence-corrected chi connectivity index (χ1v) is 8.68. The van der Waals surface area contributed by atoms with Gasteiger partial charge in [0.05, 0.1) is 0 Å². The maximum Gasteiger partial charge on any atom is 0.326 e. The first kappa shape index (κ1) is 17.2. The second kappa shape index (κ2) is 7.51. The molecule has 0 radical (unpaired) electrons. The monoisotopic (exact) mass is 342 g/mol. The maximum absolute atomic E-state index is 12.3. The molecule has 2 aliphatic heterocycles. The van der Waals surface area contributed by atoms with E-state index in [0.29, 0.717) is 19.4 Å². The zero-order valence-electron chi connectivity index (χ0n) is 14.1. The van der Waals surface area contributed by atoms with Crippen LogP contribution in [0.1, 0.15) is 37.7 Å². The van der Waals surface area contributed by atoms with E-state index in [1.807, 2.05) is 24.3 Å². The summed E-state index contributed by atoms with van der Waals surface area (Å²) in [4.78, 5) is 38.6. The lowest BCUT2D eigenvalue weighted by molar-refractivity contribution is -0.150. The quantitative estimate of drug-likeness (QED) is 0.852. The van der Waals surface area contributed by atoms with Crippen molar-refractivity contribution in [3.8, 4) is 0 Å². The van der Waals surface area contributed by atoms with Gasteiger partial charge < -0.3 is 14.9 Å². The lowest BCUT2D eigenvalue weighted by Gasteiger charge is -2.32. The molecule has 2 fully saturated rings. The molecule has 0 spiro atoms. The number of hydrogen-bond acceptors (Lipinski definition) is 3. The summed E-state index contributed by atoms with van der Waals surface area (Å²) in [6.45, 7) is 1.23. The Kier molecular flexibility index (Phi) is 5.16. The highest BCUT2D eigenvalue weighted by molar-refractivity contribution is 5.96. The highest BCUT2D eigenvalue weighted by atomic mass is 16.4. The van der Waals surface area contributed by atoms with Crippen LogP contribution < -0.4 is 4.90 Å². The molecule has 0 aromatic heterocycles. The lowest BCUT2D eigenvalue weighted by atomic mass is 10.0. The van der Waals surface area contributed by atoms with Gasteiger partial charge in [0.2, 0.25) is 11.8 Å². The summed E-state index contributed by atoms with van der Waals surface area (Å²) in [7, 11) is 0. The van der Waals surface area contributed by atoms with Gasteiger partial charge in [-0.05, 0) is 49.5 Å².